The summed E-state index contributed by atoms with van der Waals surface area (Å²) in [5.41, 5.74) is 6.61. The van der Waals surface area contributed by atoms with Crippen molar-refractivity contribution in [2.24, 2.45) is 5.92 Å². The highest BCUT2D eigenvalue weighted by Crippen LogP contribution is 2.38. The van der Waals surface area contributed by atoms with Gasteiger partial charge in [-0.2, -0.15) is 0 Å². The van der Waals surface area contributed by atoms with Crippen LogP contribution in [0.15, 0.2) is 12.3 Å². The Morgan fingerprint density at radius 1 is 1.40 bits per heavy atom. The Morgan fingerprint density at radius 2 is 2.20 bits per heavy atom. The number of carbonyl (C=O) groups is 1. The molecule has 5 heteroatoms. The Balaban J connectivity index is 1.91. The van der Waals surface area contributed by atoms with E-state index >= 15 is 0 Å². The Labute approximate surface area is 119 Å². The van der Waals surface area contributed by atoms with E-state index in [1.807, 2.05) is 0 Å². The summed E-state index contributed by atoms with van der Waals surface area (Å²) >= 11 is 0. The Kier molecular flexibility index (Phi) is 3.51. The molecule has 2 fully saturated rings. The predicted octanol–water partition coefficient (Wildman–Crippen LogP) is 2.22. The van der Waals surface area contributed by atoms with Crippen LogP contribution in [-0.4, -0.2) is 30.6 Å². The maximum Gasteiger partial charge on any atom is 0.340 e. The number of hydrogen-bond donors (Lipinski definition) is 1. The van der Waals surface area contributed by atoms with E-state index in [1.54, 1.807) is 12.3 Å². The number of ether oxygens (including phenoxy) is 1. The van der Waals surface area contributed by atoms with E-state index in [1.165, 1.54) is 39.2 Å². The van der Waals surface area contributed by atoms with Crippen molar-refractivity contribution in [3.63, 3.8) is 0 Å². The summed E-state index contributed by atoms with van der Waals surface area (Å²) in [6, 6.07) is 2.35. The minimum absolute atomic E-state index is 0.376. The third kappa shape index (κ3) is 2.21. The quantitative estimate of drug-likeness (QED) is 0.838. The minimum Gasteiger partial charge on any atom is -0.465 e. The second-order valence-corrected chi connectivity index (χ2v) is 5.72. The summed E-state index contributed by atoms with van der Waals surface area (Å²) in [5.74, 6) is 1.24. The Morgan fingerprint density at radius 3 is 3.00 bits per heavy atom. The van der Waals surface area contributed by atoms with Crippen molar-refractivity contribution in [1.82, 2.24) is 4.98 Å². The van der Waals surface area contributed by atoms with Gasteiger partial charge in [0.05, 0.1) is 24.6 Å². The molecule has 1 aliphatic heterocycles. The zero-order valence-corrected chi connectivity index (χ0v) is 11.8. The first-order chi connectivity index (χ1) is 9.70. The molecular formula is C15H21N3O2. The fourth-order valence-corrected chi connectivity index (χ4v) is 3.64. The van der Waals surface area contributed by atoms with Crippen molar-refractivity contribution in [2.75, 3.05) is 24.3 Å². The Hall–Kier alpha value is -1.78. The van der Waals surface area contributed by atoms with Crippen LogP contribution in [0.1, 0.15) is 42.5 Å². The third-order valence-electron chi connectivity index (χ3n) is 4.61. The lowest BCUT2D eigenvalue weighted by atomic mass is 9.92. The van der Waals surface area contributed by atoms with E-state index in [9.17, 15) is 4.79 Å². The van der Waals surface area contributed by atoms with Crippen LogP contribution in [0.25, 0.3) is 0 Å². The van der Waals surface area contributed by atoms with Crippen LogP contribution < -0.4 is 10.6 Å². The van der Waals surface area contributed by atoms with Gasteiger partial charge >= 0.3 is 5.97 Å². The normalized spacial score (nSPS) is 25.4. The smallest absolute Gasteiger partial charge is 0.340 e. The maximum absolute atomic E-state index is 11.7. The van der Waals surface area contributed by atoms with Gasteiger partial charge in [-0.15, -0.1) is 0 Å². The first kappa shape index (κ1) is 13.2. The van der Waals surface area contributed by atoms with E-state index in [4.69, 9.17) is 10.5 Å². The lowest BCUT2D eigenvalue weighted by Crippen LogP contribution is -2.43. The average molecular weight is 275 g/mol. The molecule has 108 valence electrons. The van der Waals surface area contributed by atoms with Crippen molar-refractivity contribution in [2.45, 2.75) is 38.1 Å². The van der Waals surface area contributed by atoms with Gasteiger partial charge in [0.1, 0.15) is 5.82 Å². The van der Waals surface area contributed by atoms with Crippen LogP contribution >= 0.6 is 0 Å². The van der Waals surface area contributed by atoms with E-state index in [2.05, 4.69) is 9.88 Å². The van der Waals surface area contributed by atoms with Gasteiger partial charge in [0.15, 0.2) is 0 Å². The van der Waals surface area contributed by atoms with Crippen LogP contribution in [0.3, 0.4) is 0 Å². The summed E-state index contributed by atoms with van der Waals surface area (Å²) in [4.78, 5) is 18.5. The fraction of sp³-hybridized carbons (Fsp3) is 0.600. The molecule has 0 spiro atoms. The SMILES string of the molecule is COC(=O)c1cc(N2CCCC3CCCC32)ncc1N. The number of aromatic nitrogens is 1. The van der Waals surface area contributed by atoms with Crippen LogP contribution in [0.5, 0.6) is 0 Å². The first-order valence-corrected chi connectivity index (χ1v) is 7.31. The number of piperidine rings is 1. The summed E-state index contributed by atoms with van der Waals surface area (Å²) in [6.45, 7) is 1.01. The molecule has 3 rings (SSSR count). The highest BCUT2D eigenvalue weighted by molar-refractivity contribution is 5.95. The number of methoxy groups -OCH3 is 1. The first-order valence-electron chi connectivity index (χ1n) is 7.31. The molecule has 0 aromatic carbocycles. The molecule has 2 N–H and O–H groups in total. The largest absolute Gasteiger partial charge is 0.465 e. The molecule has 2 aliphatic rings. The van der Waals surface area contributed by atoms with Gasteiger partial charge in [-0.1, -0.05) is 6.42 Å². The number of nitrogens with two attached hydrogens (primary N) is 1. The van der Waals surface area contributed by atoms with Gasteiger partial charge in [-0.05, 0) is 37.7 Å². The van der Waals surface area contributed by atoms with E-state index < -0.39 is 5.97 Å². The molecular weight excluding hydrogens is 254 g/mol. The second kappa shape index (κ2) is 5.31. The van der Waals surface area contributed by atoms with Crippen LogP contribution in [0, 0.1) is 5.92 Å². The molecule has 20 heavy (non-hydrogen) atoms. The summed E-state index contributed by atoms with van der Waals surface area (Å²) in [7, 11) is 1.37. The molecule has 1 aliphatic carbocycles. The van der Waals surface area contributed by atoms with Gasteiger partial charge in [0, 0.05) is 12.6 Å². The third-order valence-corrected chi connectivity index (χ3v) is 4.61. The van der Waals surface area contributed by atoms with Crippen LogP contribution in [0.4, 0.5) is 11.5 Å². The predicted molar refractivity (Wildman–Crippen MR) is 77.7 cm³/mol. The summed E-state index contributed by atoms with van der Waals surface area (Å²) in [6.07, 6.45) is 7.93. The monoisotopic (exact) mass is 275 g/mol. The second-order valence-electron chi connectivity index (χ2n) is 5.72. The van der Waals surface area contributed by atoms with Crippen molar-refractivity contribution in [3.8, 4) is 0 Å². The summed E-state index contributed by atoms with van der Waals surface area (Å²) < 4.78 is 4.78. The molecule has 1 saturated carbocycles. The maximum atomic E-state index is 11.7. The van der Waals surface area contributed by atoms with Crippen molar-refractivity contribution < 1.29 is 9.53 Å². The number of rotatable bonds is 2. The molecule has 5 nitrogen and oxygen atoms in total. The van der Waals surface area contributed by atoms with Gasteiger partial charge in [-0.25, -0.2) is 9.78 Å². The van der Waals surface area contributed by atoms with Crippen LogP contribution in [-0.2, 0) is 4.74 Å². The van der Waals surface area contributed by atoms with Crippen molar-refractivity contribution >= 4 is 17.5 Å². The van der Waals surface area contributed by atoms with E-state index in [0.717, 1.165) is 18.3 Å². The number of esters is 1. The number of anilines is 2. The molecule has 0 amide bonds. The molecule has 0 bridgehead atoms. The molecule has 0 radical (unpaired) electrons. The highest BCUT2D eigenvalue weighted by Gasteiger charge is 2.35. The standard InChI is InChI=1S/C15H21N3O2/c1-20-15(19)11-8-14(17-9-12(11)16)18-7-3-5-10-4-2-6-13(10)18/h8-10,13H,2-7,16H2,1H3. The molecule has 2 heterocycles. The van der Waals surface area contributed by atoms with Gasteiger partial charge < -0.3 is 15.4 Å². The van der Waals surface area contributed by atoms with Crippen molar-refractivity contribution in [3.05, 3.63) is 17.8 Å². The zero-order valence-electron chi connectivity index (χ0n) is 11.8. The van der Waals surface area contributed by atoms with Gasteiger partial charge in [0.2, 0.25) is 0 Å². The van der Waals surface area contributed by atoms with Gasteiger partial charge in [-0.3, -0.25) is 0 Å². The lowest BCUT2D eigenvalue weighted by molar-refractivity contribution is 0.0602. The van der Waals surface area contributed by atoms with E-state index in [-0.39, 0.29) is 0 Å². The topological polar surface area (TPSA) is 68.5 Å². The number of carbonyl (C=O) groups excluding carboxylic acids is 1. The minimum atomic E-state index is -0.397. The lowest BCUT2D eigenvalue weighted by Gasteiger charge is -2.38. The molecule has 1 aromatic rings. The number of fused-ring (bicyclic) bond motifs is 1. The highest BCUT2D eigenvalue weighted by atomic mass is 16.5. The van der Waals surface area contributed by atoms with Crippen LogP contribution in [0.2, 0.25) is 0 Å². The van der Waals surface area contributed by atoms with Gasteiger partial charge in [0.25, 0.3) is 0 Å². The summed E-state index contributed by atoms with van der Waals surface area (Å²) in [5, 5.41) is 0. The zero-order chi connectivity index (χ0) is 14.1. The Bertz CT molecular complexity index is 518. The molecule has 1 saturated heterocycles. The molecule has 1 aromatic heterocycles. The number of nitrogen functional groups attached to an aromatic ring is 1. The number of nitrogens with zero attached hydrogens (tertiary/aromatic N) is 2. The molecule has 2 atom stereocenters. The molecule has 2 unspecified atom stereocenters. The van der Waals surface area contributed by atoms with E-state index in [0.29, 0.717) is 17.3 Å². The van der Waals surface area contributed by atoms with Crippen molar-refractivity contribution in [1.29, 1.82) is 0 Å². The fourth-order valence-electron chi connectivity index (χ4n) is 3.64. The number of pyridine rings is 1. The number of hydrogen-bond acceptors (Lipinski definition) is 5. The average Bonchev–Trinajstić information content (AvgIpc) is 2.95.